The van der Waals surface area contributed by atoms with Crippen LogP contribution in [0.1, 0.15) is 70.6 Å². The third-order valence-corrected chi connectivity index (χ3v) is 7.10. The Hall–Kier alpha value is -3.91. The van der Waals surface area contributed by atoms with E-state index in [4.69, 9.17) is 16.7 Å². The maximum atomic E-state index is 13.2. The Morgan fingerprint density at radius 1 is 0.950 bits per heavy atom. The third-order valence-electron chi connectivity index (χ3n) is 6.85. The van der Waals surface area contributed by atoms with Gasteiger partial charge in [0.1, 0.15) is 0 Å². The molecule has 9 heteroatoms. The third kappa shape index (κ3) is 6.99. The summed E-state index contributed by atoms with van der Waals surface area (Å²) in [6.07, 6.45) is -1.33. The molecule has 0 bridgehead atoms. The Morgan fingerprint density at radius 3 is 2.25 bits per heavy atom. The molecule has 1 heterocycles. The number of hydrogen-bond donors (Lipinski definition) is 2. The van der Waals surface area contributed by atoms with Crippen LogP contribution in [0.5, 0.6) is 0 Å². The second-order valence-electron chi connectivity index (χ2n) is 9.62. The molecule has 1 unspecified atom stereocenters. The molecule has 1 amide bonds. The molecule has 4 rings (SSSR count). The zero-order valence-electron chi connectivity index (χ0n) is 21.7. The molecule has 0 saturated carbocycles. The molecule has 0 spiro atoms. The number of aliphatic carboxylic acids is 1. The monoisotopic (exact) mass is 568 g/mol. The van der Waals surface area contributed by atoms with E-state index in [-0.39, 0.29) is 36.2 Å². The van der Waals surface area contributed by atoms with Gasteiger partial charge in [-0.25, -0.2) is 0 Å². The lowest BCUT2D eigenvalue weighted by Crippen LogP contribution is -2.26. The number of aromatic nitrogens is 1. The summed E-state index contributed by atoms with van der Waals surface area (Å²) < 4.78 is 39.7. The van der Waals surface area contributed by atoms with E-state index >= 15 is 0 Å². The van der Waals surface area contributed by atoms with E-state index in [0.717, 1.165) is 41.7 Å². The van der Waals surface area contributed by atoms with E-state index in [2.05, 4.69) is 17.2 Å². The van der Waals surface area contributed by atoms with Gasteiger partial charge in [-0.05, 0) is 71.5 Å². The number of carboxylic acid groups (broad SMARTS) is 1. The maximum absolute atomic E-state index is 13.2. The SMILES string of the molecule is CCC[C@H](c1ccc(C(=O)NCCC(=O)O)cc1)C(c1ccc(Cl)cc1)c1cnc2cc(C(F)(F)F)ccc2c1. The van der Waals surface area contributed by atoms with Crippen molar-refractivity contribution in [1.29, 1.82) is 0 Å². The predicted molar refractivity (Wildman–Crippen MR) is 149 cm³/mol. The summed E-state index contributed by atoms with van der Waals surface area (Å²) in [5.41, 5.74) is 2.75. The summed E-state index contributed by atoms with van der Waals surface area (Å²) in [6, 6.07) is 20.1. The first-order valence-electron chi connectivity index (χ1n) is 12.9. The van der Waals surface area contributed by atoms with E-state index in [1.807, 2.05) is 42.5 Å². The van der Waals surface area contributed by atoms with Gasteiger partial charge >= 0.3 is 12.1 Å². The highest BCUT2D eigenvalue weighted by molar-refractivity contribution is 6.30. The summed E-state index contributed by atoms with van der Waals surface area (Å²) >= 11 is 6.18. The van der Waals surface area contributed by atoms with Gasteiger partial charge in [-0.15, -0.1) is 0 Å². The average Bonchev–Trinajstić information content (AvgIpc) is 2.92. The van der Waals surface area contributed by atoms with Crippen LogP contribution >= 0.6 is 11.6 Å². The number of carbonyl (C=O) groups excluding carboxylic acids is 1. The number of nitrogens with zero attached hydrogens (tertiary/aromatic N) is 1. The highest BCUT2D eigenvalue weighted by Crippen LogP contribution is 2.42. The average molecular weight is 569 g/mol. The highest BCUT2D eigenvalue weighted by Gasteiger charge is 2.31. The molecule has 3 aromatic carbocycles. The topological polar surface area (TPSA) is 79.3 Å². The summed E-state index contributed by atoms with van der Waals surface area (Å²) in [4.78, 5) is 27.6. The number of carboxylic acids is 1. The minimum absolute atomic E-state index is 0.0342. The number of fused-ring (bicyclic) bond motifs is 1. The molecule has 2 atom stereocenters. The van der Waals surface area contributed by atoms with Crippen LogP contribution in [0.3, 0.4) is 0 Å². The van der Waals surface area contributed by atoms with Gasteiger partial charge in [0.15, 0.2) is 0 Å². The first kappa shape index (κ1) is 29.1. The molecule has 4 aromatic rings. The molecule has 5 nitrogen and oxygen atoms in total. The van der Waals surface area contributed by atoms with Crippen LogP contribution in [0.4, 0.5) is 13.2 Å². The first-order chi connectivity index (χ1) is 19.1. The van der Waals surface area contributed by atoms with Gasteiger partial charge < -0.3 is 10.4 Å². The summed E-state index contributed by atoms with van der Waals surface area (Å²) in [6.45, 7) is 2.11. The molecule has 208 valence electrons. The molecule has 0 radical (unpaired) electrons. The Morgan fingerprint density at radius 2 is 1.62 bits per heavy atom. The molecule has 0 saturated heterocycles. The number of rotatable bonds is 10. The zero-order valence-corrected chi connectivity index (χ0v) is 22.5. The van der Waals surface area contributed by atoms with Gasteiger partial charge in [-0.1, -0.05) is 55.3 Å². The summed E-state index contributed by atoms with van der Waals surface area (Å²) in [5.74, 6) is -1.57. The molecule has 0 fully saturated rings. The van der Waals surface area contributed by atoms with Crippen LogP contribution in [0.25, 0.3) is 10.9 Å². The number of carbonyl (C=O) groups is 2. The zero-order chi connectivity index (χ0) is 28.9. The fraction of sp³-hybridized carbons (Fsp3) is 0.258. The van der Waals surface area contributed by atoms with Crippen molar-refractivity contribution in [2.45, 2.75) is 44.2 Å². The van der Waals surface area contributed by atoms with Gasteiger partial charge in [-0.3, -0.25) is 14.6 Å². The van der Waals surface area contributed by atoms with Crippen LogP contribution in [0.15, 0.2) is 79.0 Å². The minimum atomic E-state index is -4.45. The summed E-state index contributed by atoms with van der Waals surface area (Å²) in [7, 11) is 0. The standard InChI is InChI=1S/C31H28ClF3N2O3/c1-2-3-26(19-4-6-21(7-5-19)30(40)36-15-14-28(38)39)29(20-9-12-25(32)13-10-20)23-16-22-8-11-24(31(33,34)35)17-27(22)37-18-23/h4-13,16-18,26,29H,2-3,14-15H2,1H3,(H,36,40)(H,38,39)/t26-,29?/m1/s1. The van der Waals surface area contributed by atoms with Crippen molar-refractivity contribution in [2.24, 2.45) is 0 Å². The smallest absolute Gasteiger partial charge is 0.416 e. The molecule has 0 aliphatic carbocycles. The van der Waals surface area contributed by atoms with Crippen LogP contribution < -0.4 is 5.32 Å². The van der Waals surface area contributed by atoms with Crippen molar-refractivity contribution in [2.75, 3.05) is 6.54 Å². The Labute approximate surface area is 235 Å². The number of benzene rings is 3. The second-order valence-corrected chi connectivity index (χ2v) is 10.1. The highest BCUT2D eigenvalue weighted by atomic mass is 35.5. The van der Waals surface area contributed by atoms with Crippen molar-refractivity contribution in [3.05, 3.63) is 112 Å². The van der Waals surface area contributed by atoms with E-state index in [1.54, 1.807) is 18.3 Å². The van der Waals surface area contributed by atoms with Crippen LogP contribution in [0, 0.1) is 0 Å². The molecular weight excluding hydrogens is 541 g/mol. The number of nitrogens with one attached hydrogen (secondary N) is 1. The van der Waals surface area contributed by atoms with E-state index in [1.165, 1.54) is 6.07 Å². The van der Waals surface area contributed by atoms with Crippen molar-refractivity contribution >= 4 is 34.4 Å². The summed E-state index contributed by atoms with van der Waals surface area (Å²) in [5, 5.41) is 12.6. The maximum Gasteiger partial charge on any atom is 0.416 e. The fourth-order valence-electron chi connectivity index (χ4n) is 4.92. The van der Waals surface area contributed by atoms with Crippen molar-refractivity contribution in [3.63, 3.8) is 0 Å². The lowest BCUT2D eigenvalue weighted by molar-refractivity contribution is -0.138. The lowest BCUT2D eigenvalue weighted by atomic mass is 9.75. The van der Waals surface area contributed by atoms with Crippen molar-refractivity contribution in [1.82, 2.24) is 10.3 Å². The van der Waals surface area contributed by atoms with Gasteiger partial charge in [-0.2, -0.15) is 13.2 Å². The predicted octanol–water partition coefficient (Wildman–Crippen LogP) is 7.83. The molecular formula is C31H28ClF3N2O3. The first-order valence-corrected chi connectivity index (χ1v) is 13.3. The Balaban J connectivity index is 1.73. The van der Waals surface area contributed by atoms with Crippen molar-refractivity contribution < 1.29 is 27.9 Å². The number of pyridine rings is 1. The van der Waals surface area contributed by atoms with Gasteiger partial charge in [0, 0.05) is 34.6 Å². The van der Waals surface area contributed by atoms with E-state index in [9.17, 15) is 22.8 Å². The molecule has 40 heavy (non-hydrogen) atoms. The number of alkyl halides is 3. The number of amides is 1. The Bertz CT molecular complexity index is 1490. The fourth-order valence-corrected chi connectivity index (χ4v) is 5.04. The minimum Gasteiger partial charge on any atom is -0.481 e. The normalized spacial score (nSPS) is 13.1. The number of hydrogen-bond acceptors (Lipinski definition) is 3. The van der Waals surface area contributed by atoms with Gasteiger partial charge in [0.2, 0.25) is 0 Å². The Kier molecular flexibility index (Phi) is 9.10. The quantitative estimate of drug-likeness (QED) is 0.204. The molecule has 1 aromatic heterocycles. The van der Waals surface area contributed by atoms with Gasteiger partial charge in [0.25, 0.3) is 5.91 Å². The van der Waals surface area contributed by atoms with Crippen molar-refractivity contribution in [3.8, 4) is 0 Å². The van der Waals surface area contributed by atoms with Crippen LogP contribution in [0.2, 0.25) is 5.02 Å². The lowest BCUT2D eigenvalue weighted by Gasteiger charge is -2.29. The molecule has 0 aliphatic heterocycles. The van der Waals surface area contributed by atoms with Gasteiger partial charge in [0.05, 0.1) is 17.5 Å². The molecule has 2 N–H and O–H groups in total. The second kappa shape index (κ2) is 12.5. The molecule has 0 aliphatic rings. The van der Waals surface area contributed by atoms with Crippen LogP contribution in [-0.2, 0) is 11.0 Å². The largest absolute Gasteiger partial charge is 0.481 e. The number of halogens is 4. The van der Waals surface area contributed by atoms with E-state index < -0.39 is 17.7 Å². The van der Waals surface area contributed by atoms with Crippen LogP contribution in [-0.4, -0.2) is 28.5 Å². The van der Waals surface area contributed by atoms with E-state index in [0.29, 0.717) is 16.0 Å².